The van der Waals surface area contributed by atoms with Gasteiger partial charge in [-0.1, -0.05) is 11.4 Å². The van der Waals surface area contributed by atoms with Gasteiger partial charge in [-0.25, -0.2) is 0 Å². The summed E-state index contributed by atoms with van der Waals surface area (Å²) < 4.78 is 18.4. The van der Waals surface area contributed by atoms with Gasteiger partial charge in [0.1, 0.15) is 0 Å². The third-order valence-corrected chi connectivity index (χ3v) is 13.8. The van der Waals surface area contributed by atoms with Gasteiger partial charge in [-0.15, -0.1) is 26.3 Å². The van der Waals surface area contributed by atoms with Crippen molar-refractivity contribution in [1.29, 1.82) is 0 Å². The Balaban J connectivity index is 5.16. The van der Waals surface area contributed by atoms with Crippen LogP contribution in [0.3, 0.4) is 0 Å². The van der Waals surface area contributed by atoms with Crippen molar-refractivity contribution in [3.8, 4) is 0 Å². The summed E-state index contributed by atoms with van der Waals surface area (Å²) in [7, 11) is -7.63. The van der Waals surface area contributed by atoms with Gasteiger partial charge in [-0.2, -0.15) is 0 Å². The lowest BCUT2D eigenvalue weighted by molar-refractivity contribution is 0.354. The molecule has 0 aliphatic carbocycles. The largest absolute Gasteiger partial charge is 0.434 e. The summed E-state index contributed by atoms with van der Waals surface area (Å²) in [5.74, 6) is 0. The number of rotatable bonds is 10. The van der Waals surface area contributed by atoms with E-state index in [9.17, 15) is 0 Å². The van der Waals surface area contributed by atoms with Crippen LogP contribution in [0.15, 0.2) is 49.1 Å². The van der Waals surface area contributed by atoms with Crippen LogP contribution in [0.1, 0.15) is 0 Å². The summed E-state index contributed by atoms with van der Waals surface area (Å²) in [6, 6.07) is 0. The zero-order chi connectivity index (χ0) is 15.2. The van der Waals surface area contributed by atoms with Crippen molar-refractivity contribution in [1.82, 2.24) is 0 Å². The molecule has 0 radical (unpaired) electrons. The highest BCUT2D eigenvalue weighted by atomic mass is 28.5. The van der Waals surface area contributed by atoms with Crippen LogP contribution >= 0.6 is 0 Å². The van der Waals surface area contributed by atoms with Crippen molar-refractivity contribution in [2.24, 2.45) is 0 Å². The summed E-state index contributed by atoms with van der Waals surface area (Å²) >= 11 is 0. The van der Waals surface area contributed by atoms with Crippen molar-refractivity contribution in [3.63, 3.8) is 0 Å². The molecule has 108 valence electrons. The molecule has 0 saturated carbocycles. The summed E-state index contributed by atoms with van der Waals surface area (Å²) in [6.45, 7) is 23.7. The SMILES string of the molecule is C=C[SiH2]O[Si](C=C)(C=C)O[Si](C)(C=C)O[Si](C)(C)C. The van der Waals surface area contributed by atoms with Crippen LogP contribution in [-0.4, -0.2) is 35.2 Å². The molecule has 0 fully saturated rings. The first-order chi connectivity index (χ1) is 8.66. The maximum Gasteiger partial charge on any atom is 0.371 e. The molecular weight excluding hydrogens is 304 g/mol. The standard InChI is InChI=1S/C12H26O3Si4/c1-9-16-13-19(11-3,12-4)15-18(8,10-2)14-17(5,6)7/h9-12H,1-4,16H2,5-8H3. The zero-order valence-electron chi connectivity index (χ0n) is 12.6. The van der Waals surface area contributed by atoms with E-state index in [2.05, 4.69) is 46.0 Å². The summed E-state index contributed by atoms with van der Waals surface area (Å²) in [5.41, 5.74) is 7.13. The minimum absolute atomic E-state index is 0.821. The second-order valence-electron chi connectivity index (χ2n) is 5.27. The highest BCUT2D eigenvalue weighted by Gasteiger charge is 2.43. The fourth-order valence-electron chi connectivity index (χ4n) is 1.53. The first-order valence-corrected chi connectivity index (χ1v) is 15.4. The molecule has 0 rings (SSSR count). The van der Waals surface area contributed by atoms with Crippen molar-refractivity contribution in [2.45, 2.75) is 26.2 Å². The molecule has 1 atom stereocenters. The van der Waals surface area contributed by atoms with Crippen molar-refractivity contribution >= 4 is 35.2 Å². The van der Waals surface area contributed by atoms with Crippen molar-refractivity contribution in [3.05, 3.63) is 49.1 Å². The molecule has 0 aromatic carbocycles. The Kier molecular flexibility index (Phi) is 7.36. The predicted molar refractivity (Wildman–Crippen MR) is 93.3 cm³/mol. The van der Waals surface area contributed by atoms with E-state index < -0.39 is 35.2 Å². The lowest BCUT2D eigenvalue weighted by atomic mass is 11.2. The normalized spacial score (nSPS) is 16.0. The zero-order valence-corrected chi connectivity index (χ0v) is 17.0. The first kappa shape index (κ1) is 18.7. The van der Waals surface area contributed by atoms with E-state index in [0.29, 0.717) is 0 Å². The molecule has 0 aromatic rings. The lowest BCUT2D eigenvalue weighted by Crippen LogP contribution is -2.55. The molecule has 7 heteroatoms. The Morgan fingerprint density at radius 1 is 0.842 bits per heavy atom. The maximum atomic E-state index is 6.25. The van der Waals surface area contributed by atoms with Crippen LogP contribution in [-0.2, 0) is 12.3 Å². The van der Waals surface area contributed by atoms with Crippen LogP contribution in [0.5, 0.6) is 0 Å². The number of hydrogen-bond acceptors (Lipinski definition) is 3. The van der Waals surface area contributed by atoms with Gasteiger partial charge in [0.05, 0.1) is 0 Å². The lowest BCUT2D eigenvalue weighted by Gasteiger charge is -2.37. The van der Waals surface area contributed by atoms with Crippen LogP contribution in [0, 0.1) is 0 Å². The Morgan fingerprint density at radius 2 is 1.37 bits per heavy atom. The van der Waals surface area contributed by atoms with E-state index in [1.165, 1.54) is 0 Å². The second kappa shape index (κ2) is 7.48. The van der Waals surface area contributed by atoms with E-state index in [-0.39, 0.29) is 0 Å². The van der Waals surface area contributed by atoms with Gasteiger partial charge in [0.2, 0.25) is 0 Å². The summed E-state index contributed by atoms with van der Waals surface area (Å²) in [5, 5.41) is 0. The minimum Gasteiger partial charge on any atom is -0.434 e. The molecule has 3 nitrogen and oxygen atoms in total. The van der Waals surface area contributed by atoms with Gasteiger partial charge in [-0.3, -0.25) is 0 Å². The fourth-order valence-corrected chi connectivity index (χ4v) is 14.2. The molecule has 0 bridgehead atoms. The second-order valence-corrected chi connectivity index (χ2v) is 17.9. The van der Waals surface area contributed by atoms with Crippen molar-refractivity contribution in [2.75, 3.05) is 0 Å². The van der Waals surface area contributed by atoms with Gasteiger partial charge in [0, 0.05) is 0 Å². The quantitative estimate of drug-likeness (QED) is 0.577. The molecule has 0 heterocycles. The molecule has 0 spiro atoms. The van der Waals surface area contributed by atoms with E-state index in [0.717, 1.165) is 0 Å². The highest BCUT2D eigenvalue weighted by Crippen LogP contribution is 2.23. The summed E-state index contributed by atoms with van der Waals surface area (Å²) in [6.07, 6.45) is 0. The van der Waals surface area contributed by atoms with Crippen LogP contribution in [0.2, 0.25) is 26.2 Å². The van der Waals surface area contributed by atoms with Gasteiger partial charge in [-0.05, 0) is 37.6 Å². The maximum absolute atomic E-state index is 6.25. The average Bonchev–Trinajstić information content (AvgIpc) is 2.32. The molecule has 0 aliphatic heterocycles. The topological polar surface area (TPSA) is 27.7 Å². The van der Waals surface area contributed by atoms with Gasteiger partial charge < -0.3 is 12.3 Å². The van der Waals surface area contributed by atoms with Gasteiger partial charge >= 0.3 is 17.1 Å². The molecular formula is C12H26O3Si4. The Labute approximate surface area is 123 Å². The fraction of sp³-hybridized carbons (Fsp3) is 0.333. The van der Waals surface area contributed by atoms with E-state index in [1.807, 2.05) is 12.2 Å². The highest BCUT2D eigenvalue weighted by molar-refractivity contribution is 6.93. The van der Waals surface area contributed by atoms with Crippen molar-refractivity contribution < 1.29 is 12.3 Å². The molecule has 0 amide bonds. The van der Waals surface area contributed by atoms with Crippen LogP contribution < -0.4 is 0 Å². The molecule has 0 aromatic heterocycles. The van der Waals surface area contributed by atoms with Gasteiger partial charge in [0.15, 0.2) is 18.1 Å². The monoisotopic (exact) mass is 330 g/mol. The molecule has 19 heavy (non-hydrogen) atoms. The van der Waals surface area contributed by atoms with E-state index >= 15 is 0 Å². The average molecular weight is 331 g/mol. The van der Waals surface area contributed by atoms with Gasteiger partial charge in [0.25, 0.3) is 0 Å². The third kappa shape index (κ3) is 6.61. The number of hydrogen-bond donors (Lipinski definition) is 0. The smallest absolute Gasteiger partial charge is 0.371 e. The molecule has 1 unspecified atom stereocenters. The van der Waals surface area contributed by atoms with Crippen LogP contribution in [0.4, 0.5) is 0 Å². The first-order valence-electron chi connectivity index (χ1n) is 6.22. The van der Waals surface area contributed by atoms with E-state index in [1.54, 1.807) is 17.1 Å². The molecule has 0 saturated heterocycles. The Hall–Kier alpha value is -0.292. The Bertz CT molecular complexity index is 343. The summed E-state index contributed by atoms with van der Waals surface area (Å²) in [4.78, 5) is 0. The molecule has 0 N–H and O–H groups in total. The Morgan fingerprint density at radius 3 is 1.68 bits per heavy atom. The minimum atomic E-state index is -2.61. The predicted octanol–water partition coefficient (Wildman–Crippen LogP) is 2.79. The molecule has 0 aliphatic rings. The third-order valence-electron chi connectivity index (χ3n) is 2.24. The van der Waals surface area contributed by atoms with Crippen LogP contribution in [0.25, 0.3) is 0 Å². The van der Waals surface area contributed by atoms with E-state index in [4.69, 9.17) is 12.3 Å².